The third kappa shape index (κ3) is 2.30. The molecule has 5 nitrogen and oxygen atoms in total. The van der Waals surface area contributed by atoms with Crippen LogP contribution in [0.4, 0.5) is 0 Å². The van der Waals surface area contributed by atoms with E-state index >= 15 is 0 Å². The average molecular weight is 289 g/mol. The van der Waals surface area contributed by atoms with Gasteiger partial charge in [0.2, 0.25) is 5.75 Å². The topological polar surface area (TPSA) is 71.7 Å². The SMILES string of the molecule is COc1ccc([C@]2(C#N)CC[C@@H](O)CC2)c2c1OCCO2. The number of hydrogen-bond donors (Lipinski definition) is 1. The fourth-order valence-electron chi connectivity index (χ4n) is 3.19. The second-order valence-electron chi connectivity index (χ2n) is 5.60. The fraction of sp³-hybridized carbons (Fsp3) is 0.562. The van der Waals surface area contributed by atoms with E-state index in [1.165, 1.54) is 0 Å². The van der Waals surface area contributed by atoms with Gasteiger partial charge in [-0.25, -0.2) is 0 Å². The van der Waals surface area contributed by atoms with Crippen LogP contribution >= 0.6 is 0 Å². The Kier molecular flexibility index (Phi) is 3.64. The third-order valence-electron chi connectivity index (χ3n) is 4.41. The summed E-state index contributed by atoms with van der Waals surface area (Å²) in [7, 11) is 1.59. The minimum absolute atomic E-state index is 0.308. The molecule has 0 aromatic heterocycles. The van der Waals surface area contributed by atoms with Gasteiger partial charge in [-0.3, -0.25) is 0 Å². The maximum atomic E-state index is 9.75. The highest BCUT2D eigenvalue weighted by molar-refractivity contribution is 5.60. The van der Waals surface area contributed by atoms with Gasteiger partial charge in [0.15, 0.2) is 11.5 Å². The standard InChI is InChI=1S/C16H19NO4/c1-19-13-3-2-12(14-15(13)21-9-8-20-14)16(10-17)6-4-11(18)5-7-16/h2-3,11,18H,4-9H2,1H3/t11-,16-. The van der Waals surface area contributed by atoms with Gasteiger partial charge in [0.25, 0.3) is 0 Å². The predicted octanol–water partition coefficient (Wildman–Crippen LogP) is 2.16. The minimum atomic E-state index is -0.615. The van der Waals surface area contributed by atoms with Crippen LogP contribution in [0.25, 0.3) is 0 Å². The molecule has 2 aliphatic rings. The quantitative estimate of drug-likeness (QED) is 0.903. The van der Waals surface area contributed by atoms with Crippen molar-refractivity contribution in [1.82, 2.24) is 0 Å². The van der Waals surface area contributed by atoms with Crippen LogP contribution < -0.4 is 14.2 Å². The van der Waals surface area contributed by atoms with Crippen LogP contribution in [0.2, 0.25) is 0 Å². The van der Waals surface area contributed by atoms with Gasteiger partial charge in [0.1, 0.15) is 13.2 Å². The molecule has 1 aliphatic heterocycles. The van der Waals surface area contributed by atoms with Crippen LogP contribution in [0.15, 0.2) is 12.1 Å². The molecule has 1 aromatic rings. The van der Waals surface area contributed by atoms with Crippen LogP contribution in [0.3, 0.4) is 0 Å². The number of nitriles is 1. The van der Waals surface area contributed by atoms with Crippen molar-refractivity contribution in [3.8, 4) is 23.3 Å². The summed E-state index contributed by atoms with van der Waals surface area (Å²) < 4.78 is 16.8. The van der Waals surface area contributed by atoms with E-state index in [2.05, 4.69) is 6.07 Å². The molecule has 5 heteroatoms. The molecule has 0 saturated heterocycles. The molecule has 1 N–H and O–H groups in total. The molecule has 1 heterocycles. The lowest BCUT2D eigenvalue weighted by Gasteiger charge is -2.35. The van der Waals surface area contributed by atoms with Gasteiger partial charge in [-0.1, -0.05) is 0 Å². The van der Waals surface area contributed by atoms with Crippen LogP contribution in [0, 0.1) is 11.3 Å². The molecule has 0 atom stereocenters. The molecule has 1 fully saturated rings. The largest absolute Gasteiger partial charge is 0.493 e. The molecule has 3 rings (SSSR count). The van der Waals surface area contributed by atoms with E-state index in [9.17, 15) is 10.4 Å². The average Bonchev–Trinajstić information content (AvgIpc) is 2.55. The van der Waals surface area contributed by atoms with E-state index in [0.29, 0.717) is 56.1 Å². The van der Waals surface area contributed by atoms with Crippen molar-refractivity contribution in [3.05, 3.63) is 17.7 Å². The summed E-state index contributed by atoms with van der Waals surface area (Å²) in [4.78, 5) is 0. The summed E-state index contributed by atoms with van der Waals surface area (Å²) >= 11 is 0. The Morgan fingerprint density at radius 1 is 1.24 bits per heavy atom. The Morgan fingerprint density at radius 3 is 2.52 bits per heavy atom. The highest BCUT2D eigenvalue weighted by Crippen LogP contribution is 2.50. The van der Waals surface area contributed by atoms with Crippen LogP contribution in [-0.2, 0) is 5.41 Å². The zero-order chi connectivity index (χ0) is 14.9. The van der Waals surface area contributed by atoms with Crippen molar-refractivity contribution in [2.24, 2.45) is 0 Å². The van der Waals surface area contributed by atoms with Crippen molar-refractivity contribution in [2.45, 2.75) is 37.2 Å². The Labute approximate surface area is 124 Å². The fourth-order valence-corrected chi connectivity index (χ4v) is 3.19. The molecule has 0 spiro atoms. The highest BCUT2D eigenvalue weighted by atomic mass is 16.6. The summed E-state index contributed by atoms with van der Waals surface area (Å²) in [5.41, 5.74) is 0.239. The second kappa shape index (κ2) is 5.45. The summed E-state index contributed by atoms with van der Waals surface area (Å²) in [6, 6.07) is 6.18. The van der Waals surface area contributed by atoms with Crippen molar-refractivity contribution in [2.75, 3.05) is 20.3 Å². The van der Waals surface area contributed by atoms with Crippen molar-refractivity contribution >= 4 is 0 Å². The first kappa shape index (κ1) is 14.0. The number of benzene rings is 1. The number of rotatable bonds is 2. The first-order valence-electron chi connectivity index (χ1n) is 7.26. The van der Waals surface area contributed by atoms with E-state index in [-0.39, 0.29) is 6.10 Å². The van der Waals surface area contributed by atoms with E-state index in [4.69, 9.17) is 14.2 Å². The number of fused-ring (bicyclic) bond motifs is 1. The lowest BCUT2D eigenvalue weighted by Crippen LogP contribution is -2.33. The lowest BCUT2D eigenvalue weighted by atomic mass is 9.69. The Hall–Kier alpha value is -1.93. The Bertz CT molecular complexity index is 570. The molecule has 0 amide bonds. The van der Waals surface area contributed by atoms with Crippen LogP contribution in [-0.4, -0.2) is 31.5 Å². The number of hydrogen-bond acceptors (Lipinski definition) is 5. The van der Waals surface area contributed by atoms with Crippen molar-refractivity contribution < 1.29 is 19.3 Å². The van der Waals surface area contributed by atoms with E-state index in [1.54, 1.807) is 7.11 Å². The number of nitrogens with zero attached hydrogens (tertiary/aromatic N) is 1. The summed E-state index contributed by atoms with van der Waals surface area (Å²) in [6.07, 6.45) is 2.22. The zero-order valence-electron chi connectivity index (χ0n) is 12.1. The third-order valence-corrected chi connectivity index (χ3v) is 4.41. The molecule has 1 aliphatic carbocycles. The summed E-state index contributed by atoms with van der Waals surface area (Å²) in [5, 5.41) is 19.5. The van der Waals surface area contributed by atoms with Gasteiger partial charge in [-0.15, -0.1) is 0 Å². The molecule has 1 saturated carbocycles. The molecule has 0 unspecified atom stereocenters. The van der Waals surface area contributed by atoms with Gasteiger partial charge in [0.05, 0.1) is 24.7 Å². The van der Waals surface area contributed by atoms with Gasteiger partial charge in [-0.2, -0.15) is 5.26 Å². The molecular weight excluding hydrogens is 270 g/mol. The summed E-state index contributed by atoms with van der Waals surface area (Å²) in [5.74, 6) is 1.83. The second-order valence-corrected chi connectivity index (χ2v) is 5.60. The molecule has 0 radical (unpaired) electrons. The van der Waals surface area contributed by atoms with Crippen LogP contribution in [0.1, 0.15) is 31.2 Å². The molecule has 0 bridgehead atoms. The maximum Gasteiger partial charge on any atom is 0.204 e. The maximum absolute atomic E-state index is 9.75. The Balaban J connectivity index is 2.07. The number of methoxy groups -OCH3 is 1. The molecule has 112 valence electrons. The smallest absolute Gasteiger partial charge is 0.204 e. The number of aliphatic hydroxyl groups is 1. The zero-order valence-corrected chi connectivity index (χ0v) is 12.1. The van der Waals surface area contributed by atoms with E-state index in [1.807, 2.05) is 12.1 Å². The molecule has 1 aromatic carbocycles. The van der Waals surface area contributed by atoms with E-state index < -0.39 is 5.41 Å². The molecular formula is C16H19NO4. The van der Waals surface area contributed by atoms with Gasteiger partial charge >= 0.3 is 0 Å². The van der Waals surface area contributed by atoms with Gasteiger partial charge < -0.3 is 19.3 Å². The van der Waals surface area contributed by atoms with Gasteiger partial charge in [0, 0.05) is 5.56 Å². The molecule has 21 heavy (non-hydrogen) atoms. The monoisotopic (exact) mass is 289 g/mol. The Morgan fingerprint density at radius 2 is 1.90 bits per heavy atom. The van der Waals surface area contributed by atoms with Crippen molar-refractivity contribution in [1.29, 1.82) is 5.26 Å². The summed E-state index contributed by atoms with van der Waals surface area (Å²) in [6.45, 7) is 0.947. The van der Waals surface area contributed by atoms with Gasteiger partial charge in [-0.05, 0) is 37.8 Å². The lowest BCUT2D eigenvalue weighted by molar-refractivity contribution is 0.106. The number of ether oxygens (including phenoxy) is 3. The van der Waals surface area contributed by atoms with Crippen LogP contribution in [0.5, 0.6) is 17.2 Å². The normalized spacial score (nSPS) is 27.8. The number of aliphatic hydroxyl groups excluding tert-OH is 1. The van der Waals surface area contributed by atoms with E-state index in [0.717, 1.165) is 5.56 Å². The highest BCUT2D eigenvalue weighted by Gasteiger charge is 2.40. The first-order valence-corrected chi connectivity index (χ1v) is 7.26. The predicted molar refractivity (Wildman–Crippen MR) is 75.7 cm³/mol. The van der Waals surface area contributed by atoms with Crippen molar-refractivity contribution in [3.63, 3.8) is 0 Å². The first-order chi connectivity index (χ1) is 10.2. The minimum Gasteiger partial charge on any atom is -0.493 e.